The minimum absolute atomic E-state index is 0.0452. The van der Waals surface area contributed by atoms with Crippen LogP contribution in [0, 0.1) is 0 Å². The molecular formula is C12H26Mg. The molecule has 0 spiro atoms. The molecule has 0 fully saturated rings. The second kappa shape index (κ2) is 5.60. The first-order valence-electron chi connectivity index (χ1n) is 5.83. The van der Waals surface area contributed by atoms with Crippen LogP contribution in [0.3, 0.4) is 0 Å². The zero-order valence-electron chi connectivity index (χ0n) is 10.5. The zero-order chi connectivity index (χ0) is 10.5. The Labute approximate surface area is 94.6 Å². The summed E-state index contributed by atoms with van der Waals surface area (Å²) in [7, 11) is 0. The van der Waals surface area contributed by atoms with Crippen LogP contribution in [0.15, 0.2) is 0 Å². The van der Waals surface area contributed by atoms with Crippen LogP contribution in [0.4, 0.5) is 0 Å². The summed E-state index contributed by atoms with van der Waals surface area (Å²) in [6.45, 7) is 14.5. The van der Waals surface area contributed by atoms with E-state index < -0.39 is 0 Å². The summed E-state index contributed by atoms with van der Waals surface area (Å²) in [5.41, 5.74) is 0. The summed E-state index contributed by atoms with van der Waals surface area (Å²) in [6.07, 6.45) is 5.54. The van der Waals surface area contributed by atoms with Crippen molar-refractivity contribution in [1.82, 2.24) is 0 Å². The summed E-state index contributed by atoms with van der Waals surface area (Å²) in [5.74, 6) is 0. The van der Waals surface area contributed by atoms with Crippen molar-refractivity contribution < 1.29 is 0 Å². The van der Waals surface area contributed by atoms with Crippen molar-refractivity contribution in [3.63, 3.8) is 0 Å². The lowest BCUT2D eigenvalue weighted by atomic mass is 10.1. The van der Waals surface area contributed by atoms with E-state index in [1.807, 2.05) is 0 Å². The van der Waals surface area contributed by atoms with E-state index in [0.29, 0.717) is 7.09 Å². The van der Waals surface area contributed by atoms with E-state index in [1.54, 1.807) is 0 Å². The van der Waals surface area contributed by atoms with Crippen molar-refractivity contribution in [2.24, 2.45) is 0 Å². The molecule has 0 rings (SSSR count). The molecule has 76 valence electrons. The average Bonchev–Trinajstić information content (AvgIpc) is 1.82. The fourth-order valence-electron chi connectivity index (χ4n) is 2.83. The summed E-state index contributed by atoms with van der Waals surface area (Å²) >= 11 is 0.0452. The first kappa shape index (κ1) is 13.8. The Kier molecular flexibility index (Phi) is 5.93. The number of rotatable bonds is 6. The van der Waals surface area contributed by atoms with E-state index in [2.05, 4.69) is 41.5 Å². The van der Waals surface area contributed by atoms with Gasteiger partial charge in [-0.15, -0.1) is 7.09 Å². The van der Waals surface area contributed by atoms with Crippen LogP contribution >= 0.6 is 0 Å². The largest absolute Gasteiger partial charge is 0.381 e. The molecule has 0 aliphatic rings. The molecular weight excluding hydrogens is 168 g/mol. The van der Waals surface area contributed by atoms with Crippen LogP contribution in [0.1, 0.15) is 67.2 Å². The molecule has 0 bridgehead atoms. The van der Waals surface area contributed by atoms with Gasteiger partial charge in [0, 0.05) is 0 Å². The van der Waals surface area contributed by atoms with E-state index in [4.69, 9.17) is 0 Å². The lowest BCUT2D eigenvalue weighted by Crippen LogP contribution is -2.24. The topological polar surface area (TPSA) is 0 Å². The molecule has 1 heteroatoms. The molecule has 0 saturated heterocycles. The third-order valence-corrected chi connectivity index (χ3v) is 5.43. The first-order chi connectivity index (χ1) is 5.83. The maximum Gasteiger partial charge on any atom is 0.381 e. The Morgan fingerprint density at radius 1 is 0.769 bits per heavy atom. The van der Waals surface area contributed by atoms with E-state index in [9.17, 15) is 0 Å². The molecule has 0 aliphatic heterocycles. The van der Waals surface area contributed by atoms with Gasteiger partial charge in [0.2, 0.25) is 0 Å². The Bertz CT molecular complexity index is 120. The molecule has 0 aromatic heterocycles. The molecule has 13 heavy (non-hydrogen) atoms. The summed E-state index contributed by atoms with van der Waals surface area (Å²) in [4.78, 5) is 0. The Morgan fingerprint density at radius 2 is 1.08 bits per heavy atom. The molecule has 0 aliphatic carbocycles. The highest BCUT2D eigenvalue weighted by molar-refractivity contribution is 6.43. The fourth-order valence-corrected chi connectivity index (χ4v) is 6.48. The van der Waals surface area contributed by atoms with Crippen LogP contribution in [-0.2, 0) is 0 Å². The third kappa shape index (κ3) is 6.79. The maximum atomic E-state index is 2.47. The highest BCUT2D eigenvalue weighted by Gasteiger charge is 2.30. The zero-order valence-corrected chi connectivity index (χ0v) is 11.9. The first-order valence-corrected chi connectivity index (χ1v) is 7.24. The van der Waals surface area contributed by atoms with E-state index in [0.717, 1.165) is 0 Å². The molecule has 0 unspecified atom stereocenters. The van der Waals surface area contributed by atoms with E-state index in [-0.39, 0.29) is 20.4 Å². The molecule has 0 atom stereocenters. The van der Waals surface area contributed by atoms with E-state index >= 15 is 0 Å². The normalized spacial score (nSPS) is 12.8. The van der Waals surface area contributed by atoms with Gasteiger partial charge < -0.3 is 0 Å². The Hall–Kier alpha value is 0.766. The molecule has 0 heterocycles. The van der Waals surface area contributed by atoms with Crippen molar-refractivity contribution in [2.45, 2.75) is 74.3 Å². The SMILES string of the molecule is CCC[C](C)(C)[Mg][C](C)(C)CCC. The lowest BCUT2D eigenvalue weighted by molar-refractivity contribution is 0.528. The van der Waals surface area contributed by atoms with Crippen LogP contribution in [0.25, 0.3) is 0 Å². The molecule has 0 N–H and O–H groups in total. The maximum absolute atomic E-state index is 2.47. The second-order valence-corrected chi connectivity index (χ2v) is 10.2. The van der Waals surface area contributed by atoms with Gasteiger partial charge in [-0.3, -0.25) is 0 Å². The van der Waals surface area contributed by atoms with Crippen molar-refractivity contribution in [3.8, 4) is 0 Å². The number of hydrogen-bond donors (Lipinski definition) is 0. The van der Waals surface area contributed by atoms with Gasteiger partial charge >= 0.3 is 20.4 Å². The van der Waals surface area contributed by atoms with Crippen LogP contribution in [0.2, 0.25) is 7.09 Å². The quantitative estimate of drug-likeness (QED) is 0.539. The smallest absolute Gasteiger partial charge is 0.129 e. The van der Waals surface area contributed by atoms with E-state index in [1.165, 1.54) is 25.7 Å². The van der Waals surface area contributed by atoms with Gasteiger partial charge in [-0.05, 0) is 0 Å². The van der Waals surface area contributed by atoms with Gasteiger partial charge in [-0.25, -0.2) is 0 Å². The fraction of sp³-hybridized carbons (Fsp3) is 1.00. The predicted octanol–water partition coefficient (Wildman–Crippen LogP) is 4.69. The van der Waals surface area contributed by atoms with Crippen molar-refractivity contribution in [2.75, 3.05) is 0 Å². The summed E-state index contributed by atoms with van der Waals surface area (Å²) < 4.78 is 1.35. The third-order valence-electron chi connectivity index (χ3n) is 2.81. The Balaban J connectivity index is 4.07. The second-order valence-electron chi connectivity index (χ2n) is 6.01. The van der Waals surface area contributed by atoms with Crippen LogP contribution in [0.5, 0.6) is 0 Å². The molecule has 0 amide bonds. The average molecular weight is 195 g/mol. The molecule has 0 saturated carbocycles. The number of hydrogen-bond acceptors (Lipinski definition) is 0. The van der Waals surface area contributed by atoms with Gasteiger partial charge in [0.1, 0.15) is 0 Å². The van der Waals surface area contributed by atoms with Gasteiger partial charge in [-0.1, -0.05) is 67.2 Å². The van der Waals surface area contributed by atoms with Gasteiger partial charge in [0.15, 0.2) is 0 Å². The highest BCUT2D eigenvalue weighted by Crippen LogP contribution is 2.41. The molecule has 0 radical (unpaired) electrons. The van der Waals surface area contributed by atoms with Crippen LogP contribution in [-0.4, -0.2) is 20.4 Å². The van der Waals surface area contributed by atoms with Gasteiger partial charge in [0.25, 0.3) is 0 Å². The van der Waals surface area contributed by atoms with Crippen molar-refractivity contribution >= 4 is 20.4 Å². The monoisotopic (exact) mass is 194 g/mol. The van der Waals surface area contributed by atoms with Gasteiger partial charge in [0.05, 0.1) is 0 Å². The molecule has 0 aromatic rings. The highest BCUT2D eigenvalue weighted by atomic mass is 24.5. The minimum atomic E-state index is 0.0452. The molecule has 0 aromatic carbocycles. The van der Waals surface area contributed by atoms with Crippen molar-refractivity contribution in [1.29, 1.82) is 0 Å². The van der Waals surface area contributed by atoms with Gasteiger partial charge in [-0.2, -0.15) is 0 Å². The standard InChI is InChI=1S/2C6H13.Mg/c2*1-4-5-6(2)3;/h2*4-5H2,1-3H3;. The summed E-state index contributed by atoms with van der Waals surface area (Å²) in [6, 6.07) is 0. The Morgan fingerprint density at radius 3 is 1.31 bits per heavy atom. The predicted molar refractivity (Wildman–Crippen MR) is 63.7 cm³/mol. The lowest BCUT2D eigenvalue weighted by Gasteiger charge is -2.33. The summed E-state index contributed by atoms with van der Waals surface area (Å²) in [5, 5.41) is 0. The van der Waals surface area contributed by atoms with Crippen molar-refractivity contribution in [3.05, 3.63) is 0 Å². The molecule has 0 nitrogen and oxygen atoms in total. The van der Waals surface area contributed by atoms with Crippen LogP contribution < -0.4 is 0 Å². The minimum Gasteiger partial charge on any atom is -0.129 e.